The van der Waals surface area contributed by atoms with Crippen molar-refractivity contribution in [2.24, 2.45) is 0 Å². The normalized spacial score (nSPS) is 20.6. The number of aromatic nitrogens is 2. The molecule has 7 heteroatoms. The minimum absolute atomic E-state index is 0.196. The van der Waals surface area contributed by atoms with Gasteiger partial charge in [-0.2, -0.15) is 4.31 Å². The topological polar surface area (TPSA) is 69.3 Å². The Morgan fingerprint density at radius 1 is 1.37 bits per heavy atom. The number of H-pyrrole nitrogens is 1. The summed E-state index contributed by atoms with van der Waals surface area (Å²) in [6, 6.07) is 0.513. The highest BCUT2D eigenvalue weighted by Gasteiger charge is 2.30. The molecule has 0 aromatic carbocycles. The van der Waals surface area contributed by atoms with Crippen molar-refractivity contribution in [3.8, 4) is 0 Å². The van der Waals surface area contributed by atoms with Crippen LogP contribution in [-0.4, -0.2) is 59.8 Å². The minimum atomic E-state index is -3.41. The Morgan fingerprint density at radius 3 is 2.47 bits per heavy atom. The van der Waals surface area contributed by atoms with Gasteiger partial charge in [-0.15, -0.1) is 0 Å². The number of imidazole rings is 1. The maximum absolute atomic E-state index is 12.4. The molecular formula is C12H22N4O2S. The summed E-state index contributed by atoms with van der Waals surface area (Å²) in [5, 5.41) is 0.196. The number of nitrogens with zero attached hydrogens (tertiary/aromatic N) is 3. The molecule has 6 nitrogen and oxygen atoms in total. The Kier molecular flexibility index (Phi) is 4.27. The highest BCUT2D eigenvalue weighted by molar-refractivity contribution is 7.89. The predicted octanol–water partition coefficient (Wildman–Crippen LogP) is 0.823. The molecular weight excluding hydrogens is 264 g/mol. The Hall–Kier alpha value is -0.920. The zero-order chi connectivity index (χ0) is 14.0. The smallest absolute Gasteiger partial charge is 0.260 e. The summed E-state index contributed by atoms with van der Waals surface area (Å²) in [7, 11) is -3.41. The van der Waals surface area contributed by atoms with E-state index in [1.807, 2.05) is 0 Å². The number of sulfonamides is 1. The van der Waals surface area contributed by atoms with Crippen molar-refractivity contribution in [1.29, 1.82) is 0 Å². The van der Waals surface area contributed by atoms with Crippen LogP contribution in [0, 0.1) is 6.92 Å². The van der Waals surface area contributed by atoms with Crippen LogP contribution in [0.15, 0.2) is 11.2 Å². The lowest BCUT2D eigenvalue weighted by Crippen LogP contribution is -2.51. The first kappa shape index (κ1) is 14.5. The molecule has 1 aliphatic heterocycles. The molecule has 1 saturated heterocycles. The van der Waals surface area contributed by atoms with Crippen molar-refractivity contribution in [1.82, 2.24) is 19.2 Å². The predicted molar refractivity (Wildman–Crippen MR) is 73.4 cm³/mol. The monoisotopic (exact) mass is 286 g/mol. The van der Waals surface area contributed by atoms with Crippen molar-refractivity contribution < 1.29 is 8.42 Å². The maximum atomic E-state index is 12.4. The summed E-state index contributed by atoms with van der Waals surface area (Å²) in [5.74, 6) is 0.622. The molecule has 19 heavy (non-hydrogen) atoms. The van der Waals surface area contributed by atoms with Crippen LogP contribution < -0.4 is 0 Å². The van der Waals surface area contributed by atoms with Crippen LogP contribution in [0.4, 0.5) is 0 Å². The molecule has 108 valence electrons. The molecule has 1 unspecified atom stereocenters. The quantitative estimate of drug-likeness (QED) is 0.890. The zero-order valence-electron chi connectivity index (χ0n) is 11.8. The van der Waals surface area contributed by atoms with E-state index in [0.29, 0.717) is 25.0 Å². The van der Waals surface area contributed by atoms with E-state index in [1.54, 1.807) is 11.2 Å². The average Bonchev–Trinajstić information content (AvgIpc) is 2.85. The number of aryl methyl sites for hydroxylation is 1. The fourth-order valence-corrected chi connectivity index (χ4v) is 3.70. The van der Waals surface area contributed by atoms with Gasteiger partial charge in [0.25, 0.3) is 10.0 Å². The molecule has 1 fully saturated rings. The first-order valence-corrected chi connectivity index (χ1v) is 8.15. The van der Waals surface area contributed by atoms with Gasteiger partial charge in [-0.3, -0.25) is 4.90 Å². The van der Waals surface area contributed by atoms with Gasteiger partial charge in [0.2, 0.25) is 0 Å². The van der Waals surface area contributed by atoms with Gasteiger partial charge in [-0.1, -0.05) is 6.92 Å². The summed E-state index contributed by atoms with van der Waals surface area (Å²) in [6.07, 6.45) is 2.48. The van der Waals surface area contributed by atoms with Crippen molar-refractivity contribution in [3.63, 3.8) is 0 Å². The standard InChI is InChI=1S/C12H22N4O2S/c1-4-10(2)15-5-7-16(8-6-15)19(17,18)12-9-13-11(3)14-12/h9-10H,4-8H2,1-3H3,(H,13,14). The molecule has 1 aromatic rings. The van der Waals surface area contributed by atoms with Crippen LogP contribution in [0.3, 0.4) is 0 Å². The molecule has 1 aromatic heterocycles. The van der Waals surface area contributed by atoms with Gasteiger partial charge in [-0.25, -0.2) is 13.4 Å². The second-order valence-electron chi connectivity index (χ2n) is 5.03. The third kappa shape index (κ3) is 2.98. The van der Waals surface area contributed by atoms with Crippen LogP contribution in [0.2, 0.25) is 0 Å². The molecule has 0 aliphatic carbocycles. The first-order valence-electron chi connectivity index (χ1n) is 6.71. The van der Waals surface area contributed by atoms with E-state index in [1.165, 1.54) is 6.20 Å². The number of rotatable bonds is 4. The van der Waals surface area contributed by atoms with Gasteiger partial charge in [0, 0.05) is 32.2 Å². The molecule has 0 spiro atoms. The van der Waals surface area contributed by atoms with E-state index in [-0.39, 0.29) is 5.03 Å². The van der Waals surface area contributed by atoms with Gasteiger partial charge in [0.1, 0.15) is 5.82 Å². The molecule has 2 rings (SSSR count). The molecule has 1 atom stereocenters. The summed E-state index contributed by atoms with van der Waals surface area (Å²) < 4.78 is 26.3. The van der Waals surface area contributed by atoms with Crippen LogP contribution in [0.5, 0.6) is 0 Å². The van der Waals surface area contributed by atoms with E-state index in [2.05, 4.69) is 28.7 Å². The number of hydrogen-bond acceptors (Lipinski definition) is 4. The van der Waals surface area contributed by atoms with E-state index in [0.717, 1.165) is 19.5 Å². The highest BCUT2D eigenvalue weighted by Crippen LogP contribution is 2.17. The van der Waals surface area contributed by atoms with Crippen molar-refractivity contribution >= 4 is 10.0 Å². The average molecular weight is 286 g/mol. The minimum Gasteiger partial charge on any atom is -0.332 e. The maximum Gasteiger partial charge on any atom is 0.260 e. The summed E-state index contributed by atoms with van der Waals surface area (Å²) in [6.45, 7) is 8.77. The first-order chi connectivity index (χ1) is 8.95. The summed E-state index contributed by atoms with van der Waals surface area (Å²) in [4.78, 5) is 9.10. The lowest BCUT2D eigenvalue weighted by molar-refractivity contribution is 0.142. The van der Waals surface area contributed by atoms with E-state index >= 15 is 0 Å². The third-order valence-corrected chi connectivity index (χ3v) is 5.59. The second-order valence-corrected chi connectivity index (χ2v) is 6.94. The molecule has 2 heterocycles. The Bertz CT molecular complexity index is 518. The van der Waals surface area contributed by atoms with Gasteiger partial charge in [-0.05, 0) is 20.3 Å². The number of piperazine rings is 1. The van der Waals surface area contributed by atoms with Crippen LogP contribution >= 0.6 is 0 Å². The number of aromatic amines is 1. The van der Waals surface area contributed by atoms with Gasteiger partial charge >= 0.3 is 0 Å². The number of nitrogens with one attached hydrogen (secondary N) is 1. The molecule has 0 amide bonds. The van der Waals surface area contributed by atoms with Gasteiger partial charge < -0.3 is 4.98 Å². The van der Waals surface area contributed by atoms with Crippen molar-refractivity contribution in [3.05, 3.63) is 12.0 Å². The fraction of sp³-hybridized carbons (Fsp3) is 0.750. The van der Waals surface area contributed by atoms with Gasteiger partial charge in [0.05, 0.1) is 6.20 Å². The van der Waals surface area contributed by atoms with Crippen LogP contribution in [0.1, 0.15) is 26.1 Å². The molecule has 1 N–H and O–H groups in total. The third-order valence-electron chi connectivity index (χ3n) is 3.78. The Labute approximate surface area is 114 Å². The molecule has 1 aliphatic rings. The highest BCUT2D eigenvalue weighted by atomic mass is 32.2. The van der Waals surface area contributed by atoms with E-state index in [4.69, 9.17) is 0 Å². The number of hydrogen-bond donors (Lipinski definition) is 1. The van der Waals surface area contributed by atoms with Crippen LogP contribution in [0.25, 0.3) is 0 Å². The lowest BCUT2D eigenvalue weighted by atomic mass is 10.2. The zero-order valence-corrected chi connectivity index (χ0v) is 12.6. The summed E-state index contributed by atoms with van der Waals surface area (Å²) >= 11 is 0. The lowest BCUT2D eigenvalue weighted by Gasteiger charge is -2.36. The molecule has 0 saturated carbocycles. The van der Waals surface area contributed by atoms with Crippen molar-refractivity contribution in [2.45, 2.75) is 38.3 Å². The molecule has 0 bridgehead atoms. The largest absolute Gasteiger partial charge is 0.332 e. The second kappa shape index (κ2) is 5.60. The Balaban J connectivity index is 2.05. The van der Waals surface area contributed by atoms with Crippen molar-refractivity contribution in [2.75, 3.05) is 26.2 Å². The van der Waals surface area contributed by atoms with E-state index in [9.17, 15) is 8.42 Å². The fourth-order valence-electron chi connectivity index (χ4n) is 2.31. The van der Waals surface area contributed by atoms with E-state index < -0.39 is 10.0 Å². The molecule has 0 radical (unpaired) electrons. The Morgan fingerprint density at radius 2 is 2.00 bits per heavy atom. The SMILES string of the molecule is CCC(C)N1CCN(S(=O)(=O)c2cnc(C)[nH]2)CC1. The van der Waals surface area contributed by atoms with Crippen LogP contribution in [-0.2, 0) is 10.0 Å². The van der Waals surface area contributed by atoms with Gasteiger partial charge in [0.15, 0.2) is 5.03 Å². The summed E-state index contributed by atoms with van der Waals surface area (Å²) in [5.41, 5.74) is 0.